The summed E-state index contributed by atoms with van der Waals surface area (Å²) in [6.07, 6.45) is 2.78. The van der Waals surface area contributed by atoms with Gasteiger partial charge in [0.1, 0.15) is 5.82 Å². The van der Waals surface area contributed by atoms with Crippen molar-refractivity contribution in [2.45, 2.75) is 6.92 Å². The van der Waals surface area contributed by atoms with Gasteiger partial charge in [-0.1, -0.05) is 0 Å². The summed E-state index contributed by atoms with van der Waals surface area (Å²) >= 11 is 0. The van der Waals surface area contributed by atoms with Crippen molar-refractivity contribution in [2.24, 2.45) is 5.73 Å². The zero-order valence-corrected chi connectivity index (χ0v) is 6.94. The Balaban J connectivity index is 2.70. The van der Waals surface area contributed by atoms with Gasteiger partial charge in [0.15, 0.2) is 0 Å². The summed E-state index contributed by atoms with van der Waals surface area (Å²) in [5, 5.41) is 2.23. The van der Waals surface area contributed by atoms with Gasteiger partial charge in [0.25, 0.3) is 0 Å². The Morgan fingerprint density at radius 1 is 1.38 bits per heavy atom. The smallest absolute Gasteiger partial charge is 0.313 e. The second-order valence-electron chi connectivity index (χ2n) is 2.34. The lowest BCUT2D eigenvalue weighted by molar-refractivity contribution is -0.134. The van der Waals surface area contributed by atoms with E-state index in [0.29, 0.717) is 11.5 Å². The monoisotopic (exact) mass is 180 g/mol. The van der Waals surface area contributed by atoms with Crippen molar-refractivity contribution >= 4 is 17.5 Å². The molecule has 0 spiro atoms. The molecule has 1 aromatic heterocycles. The van der Waals surface area contributed by atoms with Crippen LogP contribution < -0.4 is 11.1 Å². The first-order valence-electron chi connectivity index (χ1n) is 3.49. The highest BCUT2D eigenvalue weighted by molar-refractivity contribution is 6.39. The Hall–Kier alpha value is -1.98. The molecule has 0 saturated carbocycles. The molecule has 1 heterocycles. The lowest BCUT2D eigenvalue weighted by Crippen LogP contribution is -2.29. The number of carbonyl (C=O) groups is 2. The zero-order chi connectivity index (χ0) is 9.84. The Morgan fingerprint density at radius 3 is 2.38 bits per heavy atom. The normalized spacial score (nSPS) is 9.31. The molecule has 6 nitrogen and oxygen atoms in total. The molecule has 0 unspecified atom stereocenters. The van der Waals surface area contributed by atoms with Gasteiger partial charge in [-0.05, 0) is 6.92 Å². The van der Waals surface area contributed by atoms with Crippen molar-refractivity contribution in [2.75, 3.05) is 5.32 Å². The van der Waals surface area contributed by atoms with Gasteiger partial charge in [0.05, 0.1) is 18.1 Å². The third-order valence-corrected chi connectivity index (χ3v) is 1.26. The predicted octanol–water partition coefficient (Wildman–Crippen LogP) is -0.791. The molecule has 3 N–H and O–H groups in total. The van der Waals surface area contributed by atoms with Gasteiger partial charge < -0.3 is 11.1 Å². The lowest BCUT2D eigenvalue weighted by atomic mass is 10.4. The minimum atomic E-state index is -1.04. The molecular formula is C7H8N4O2. The summed E-state index contributed by atoms with van der Waals surface area (Å²) in [7, 11) is 0. The summed E-state index contributed by atoms with van der Waals surface area (Å²) in [5.41, 5.74) is 5.06. The first kappa shape index (κ1) is 9.11. The van der Waals surface area contributed by atoms with E-state index in [0.717, 1.165) is 0 Å². The molecule has 68 valence electrons. The van der Waals surface area contributed by atoms with E-state index in [2.05, 4.69) is 15.3 Å². The van der Waals surface area contributed by atoms with Crippen LogP contribution in [0.5, 0.6) is 0 Å². The number of nitrogens with zero attached hydrogens (tertiary/aromatic N) is 2. The van der Waals surface area contributed by atoms with Crippen molar-refractivity contribution in [1.29, 1.82) is 0 Å². The van der Waals surface area contributed by atoms with Crippen LogP contribution in [0.25, 0.3) is 0 Å². The largest absolute Gasteiger partial charge is 0.361 e. The molecule has 0 aliphatic carbocycles. The topological polar surface area (TPSA) is 98.0 Å². The fraction of sp³-hybridized carbons (Fsp3) is 0.143. The Morgan fingerprint density at radius 2 is 1.92 bits per heavy atom. The van der Waals surface area contributed by atoms with Crippen molar-refractivity contribution in [3.63, 3.8) is 0 Å². The van der Waals surface area contributed by atoms with Crippen molar-refractivity contribution in [1.82, 2.24) is 9.97 Å². The van der Waals surface area contributed by atoms with E-state index in [9.17, 15) is 9.59 Å². The number of rotatable bonds is 1. The summed E-state index contributed by atoms with van der Waals surface area (Å²) < 4.78 is 0. The average Bonchev–Trinajstić information content (AvgIpc) is 2.08. The Labute approximate surface area is 74.2 Å². The van der Waals surface area contributed by atoms with E-state index in [1.54, 1.807) is 6.92 Å². The summed E-state index contributed by atoms with van der Waals surface area (Å²) in [4.78, 5) is 28.7. The second kappa shape index (κ2) is 3.61. The van der Waals surface area contributed by atoms with Crippen LogP contribution in [0.3, 0.4) is 0 Å². The maximum atomic E-state index is 10.8. The number of aromatic nitrogens is 2. The summed E-state index contributed by atoms with van der Waals surface area (Å²) in [5.74, 6) is -1.34. The van der Waals surface area contributed by atoms with E-state index >= 15 is 0 Å². The molecule has 0 aromatic carbocycles. The summed E-state index contributed by atoms with van der Waals surface area (Å²) in [6.45, 7) is 1.71. The molecule has 1 aromatic rings. The van der Waals surface area contributed by atoms with Crippen molar-refractivity contribution < 1.29 is 9.59 Å². The van der Waals surface area contributed by atoms with Crippen molar-refractivity contribution in [3.8, 4) is 0 Å². The SMILES string of the molecule is Cc1ncc(NC(=O)C(N)=O)cn1. The third-order valence-electron chi connectivity index (χ3n) is 1.26. The molecule has 0 aliphatic heterocycles. The minimum absolute atomic E-state index is 0.342. The highest BCUT2D eigenvalue weighted by atomic mass is 16.2. The molecule has 2 amide bonds. The van der Waals surface area contributed by atoms with Crippen LogP contribution >= 0.6 is 0 Å². The molecule has 0 atom stereocenters. The molecule has 0 saturated heterocycles. The number of amides is 2. The molecule has 6 heteroatoms. The fourth-order valence-corrected chi connectivity index (χ4v) is 0.650. The number of hydrogen-bond acceptors (Lipinski definition) is 4. The zero-order valence-electron chi connectivity index (χ0n) is 6.94. The Kier molecular flexibility index (Phi) is 2.53. The third kappa shape index (κ3) is 2.51. The highest BCUT2D eigenvalue weighted by Crippen LogP contribution is 2.01. The quantitative estimate of drug-likeness (QED) is 0.553. The maximum Gasteiger partial charge on any atom is 0.313 e. The van der Waals surface area contributed by atoms with Crippen LogP contribution in [0, 0.1) is 6.92 Å². The van der Waals surface area contributed by atoms with Crippen LogP contribution in [-0.2, 0) is 9.59 Å². The molecule has 0 aliphatic rings. The van der Waals surface area contributed by atoms with E-state index in [1.165, 1.54) is 12.4 Å². The molecule has 0 fully saturated rings. The molecular weight excluding hydrogens is 172 g/mol. The van der Waals surface area contributed by atoms with Gasteiger partial charge in [-0.3, -0.25) is 9.59 Å². The molecule has 1 rings (SSSR count). The van der Waals surface area contributed by atoms with E-state index < -0.39 is 11.8 Å². The number of nitrogens with one attached hydrogen (secondary N) is 1. The number of hydrogen-bond donors (Lipinski definition) is 2. The van der Waals surface area contributed by atoms with Crippen molar-refractivity contribution in [3.05, 3.63) is 18.2 Å². The number of primary amides is 1. The van der Waals surface area contributed by atoms with E-state index in [1.807, 2.05) is 0 Å². The van der Waals surface area contributed by atoms with Gasteiger partial charge in [-0.25, -0.2) is 9.97 Å². The van der Waals surface area contributed by atoms with E-state index in [4.69, 9.17) is 5.73 Å². The number of nitrogens with two attached hydrogens (primary N) is 1. The van der Waals surface area contributed by atoms with Crippen LogP contribution in [0.15, 0.2) is 12.4 Å². The van der Waals surface area contributed by atoms with Gasteiger partial charge >= 0.3 is 11.8 Å². The number of carbonyl (C=O) groups excluding carboxylic acids is 2. The maximum absolute atomic E-state index is 10.8. The average molecular weight is 180 g/mol. The molecule has 0 radical (unpaired) electrons. The molecule has 0 bridgehead atoms. The van der Waals surface area contributed by atoms with Gasteiger partial charge in [0.2, 0.25) is 0 Å². The number of aryl methyl sites for hydroxylation is 1. The lowest BCUT2D eigenvalue weighted by Gasteiger charge is -2.00. The van der Waals surface area contributed by atoms with Crippen LogP contribution in [0.1, 0.15) is 5.82 Å². The first-order chi connectivity index (χ1) is 6.09. The van der Waals surface area contributed by atoms with E-state index in [-0.39, 0.29) is 0 Å². The Bertz CT molecular complexity index is 333. The standard InChI is InChI=1S/C7H8N4O2/c1-4-9-2-5(3-10-4)11-7(13)6(8)12/h2-3H,1H3,(H2,8,12)(H,11,13). The van der Waals surface area contributed by atoms with Gasteiger partial charge in [-0.2, -0.15) is 0 Å². The second-order valence-corrected chi connectivity index (χ2v) is 2.34. The van der Waals surface area contributed by atoms with Crippen LogP contribution in [0.4, 0.5) is 5.69 Å². The fourth-order valence-electron chi connectivity index (χ4n) is 0.650. The first-order valence-corrected chi connectivity index (χ1v) is 3.49. The highest BCUT2D eigenvalue weighted by Gasteiger charge is 2.08. The van der Waals surface area contributed by atoms with Gasteiger partial charge in [0, 0.05) is 0 Å². The number of anilines is 1. The van der Waals surface area contributed by atoms with Crippen LogP contribution in [0.2, 0.25) is 0 Å². The summed E-state index contributed by atoms with van der Waals surface area (Å²) in [6, 6.07) is 0. The predicted molar refractivity (Wildman–Crippen MR) is 44.6 cm³/mol. The minimum Gasteiger partial charge on any atom is -0.361 e. The van der Waals surface area contributed by atoms with Crippen LogP contribution in [-0.4, -0.2) is 21.8 Å². The van der Waals surface area contributed by atoms with Gasteiger partial charge in [-0.15, -0.1) is 0 Å². The molecule has 13 heavy (non-hydrogen) atoms.